The molecular weight excluding hydrogens is 118 g/mol. The van der Waals surface area contributed by atoms with Gasteiger partial charge in [0.1, 0.15) is 0 Å². The summed E-state index contributed by atoms with van der Waals surface area (Å²) in [7, 11) is 1.80. The Hall–Kier alpha value is -1.06. The van der Waals surface area contributed by atoms with E-state index >= 15 is 0 Å². The first-order valence-electron chi connectivity index (χ1n) is 2.77. The fourth-order valence-corrected chi connectivity index (χ4v) is 0.799. The molecule has 1 aliphatic heterocycles. The van der Waals surface area contributed by atoms with Crippen molar-refractivity contribution in [2.24, 2.45) is 10.7 Å². The smallest absolute Gasteiger partial charge is 0.283 e. The first kappa shape index (κ1) is 6.07. The summed E-state index contributed by atoms with van der Waals surface area (Å²) in [5.41, 5.74) is 4.98. The largest absolute Gasteiger partial charge is 0.363 e. The van der Waals surface area contributed by atoms with Crippen molar-refractivity contribution in [1.82, 2.24) is 4.90 Å². The maximum Gasteiger partial charge on any atom is 0.283 e. The van der Waals surface area contributed by atoms with Crippen LogP contribution in [0.25, 0.3) is 0 Å². The predicted octanol–water partition coefficient (Wildman–Crippen LogP) is -1.18. The van der Waals surface area contributed by atoms with E-state index in [9.17, 15) is 4.79 Å². The molecule has 1 aliphatic rings. The summed E-state index contributed by atoms with van der Waals surface area (Å²) in [6.07, 6.45) is 0. The van der Waals surface area contributed by atoms with Crippen molar-refractivity contribution in [3.05, 3.63) is 0 Å². The van der Waals surface area contributed by atoms with Crippen LogP contribution in [0.3, 0.4) is 0 Å². The van der Waals surface area contributed by atoms with Crippen LogP contribution < -0.4 is 5.73 Å². The molecule has 0 aromatic carbocycles. The molecule has 2 N–H and O–H groups in total. The molecule has 4 nitrogen and oxygen atoms in total. The van der Waals surface area contributed by atoms with Crippen LogP contribution in [0, 0.1) is 0 Å². The highest BCUT2D eigenvalue weighted by Crippen LogP contribution is 1.95. The van der Waals surface area contributed by atoms with Gasteiger partial charge in [0, 0.05) is 13.6 Å². The molecule has 9 heavy (non-hydrogen) atoms. The Kier molecular flexibility index (Phi) is 1.38. The van der Waals surface area contributed by atoms with E-state index in [2.05, 4.69) is 4.99 Å². The minimum absolute atomic E-state index is 0.398. The third-order valence-corrected chi connectivity index (χ3v) is 1.28. The zero-order chi connectivity index (χ0) is 6.85. The van der Waals surface area contributed by atoms with Crippen molar-refractivity contribution in [3.8, 4) is 0 Å². The van der Waals surface area contributed by atoms with Crippen molar-refractivity contribution in [2.75, 3.05) is 20.1 Å². The molecule has 0 spiro atoms. The van der Waals surface area contributed by atoms with Crippen molar-refractivity contribution >= 4 is 11.7 Å². The summed E-state index contributed by atoms with van der Waals surface area (Å²) >= 11 is 0. The van der Waals surface area contributed by atoms with E-state index in [4.69, 9.17) is 5.73 Å². The summed E-state index contributed by atoms with van der Waals surface area (Å²) in [4.78, 5) is 16.1. The number of likely N-dealkylation sites (N-methyl/N-ethyl adjacent to an activating group) is 1. The Bertz CT molecular complexity index is 164. The quantitative estimate of drug-likeness (QED) is 0.481. The maximum atomic E-state index is 10.5. The van der Waals surface area contributed by atoms with Crippen molar-refractivity contribution < 1.29 is 4.79 Å². The Labute approximate surface area is 53.3 Å². The molecule has 0 atom stereocenters. The van der Waals surface area contributed by atoms with Crippen LogP contribution in [-0.4, -0.2) is 36.8 Å². The van der Waals surface area contributed by atoms with E-state index in [-0.39, 0.29) is 0 Å². The monoisotopic (exact) mass is 127 g/mol. The van der Waals surface area contributed by atoms with E-state index in [1.165, 1.54) is 0 Å². The van der Waals surface area contributed by atoms with E-state index in [0.29, 0.717) is 12.4 Å². The van der Waals surface area contributed by atoms with Gasteiger partial charge in [0.2, 0.25) is 0 Å². The van der Waals surface area contributed by atoms with Gasteiger partial charge in [0.25, 0.3) is 5.91 Å². The highest BCUT2D eigenvalue weighted by atomic mass is 16.1. The summed E-state index contributed by atoms with van der Waals surface area (Å²) in [6, 6.07) is 0. The van der Waals surface area contributed by atoms with Gasteiger partial charge < -0.3 is 10.6 Å². The van der Waals surface area contributed by atoms with Gasteiger partial charge >= 0.3 is 0 Å². The van der Waals surface area contributed by atoms with Gasteiger partial charge in [-0.2, -0.15) is 0 Å². The molecule has 4 heteroatoms. The molecule has 1 amide bonds. The van der Waals surface area contributed by atoms with Gasteiger partial charge in [-0.1, -0.05) is 0 Å². The fourth-order valence-electron chi connectivity index (χ4n) is 0.799. The molecule has 1 heterocycles. The number of amidine groups is 1. The van der Waals surface area contributed by atoms with E-state index < -0.39 is 5.91 Å². The number of carbonyl (C=O) groups excluding carboxylic acids is 1. The number of hydrogen-bond donors (Lipinski definition) is 1. The first-order chi connectivity index (χ1) is 4.22. The number of carbonyl (C=O) groups is 1. The molecule has 50 valence electrons. The van der Waals surface area contributed by atoms with Gasteiger partial charge in [-0.3, -0.25) is 9.79 Å². The average molecular weight is 127 g/mol. The third-order valence-electron chi connectivity index (χ3n) is 1.28. The Morgan fingerprint density at radius 2 is 2.56 bits per heavy atom. The second kappa shape index (κ2) is 2.05. The van der Waals surface area contributed by atoms with E-state index in [1.54, 1.807) is 11.9 Å². The Balaban J connectivity index is 2.68. The average Bonchev–Trinajstić information content (AvgIpc) is 2.13. The number of aliphatic imine (C=N–C) groups is 1. The summed E-state index contributed by atoms with van der Waals surface area (Å²) < 4.78 is 0. The Morgan fingerprint density at radius 1 is 1.89 bits per heavy atom. The van der Waals surface area contributed by atoms with Crippen LogP contribution in [0.15, 0.2) is 4.99 Å². The summed E-state index contributed by atoms with van der Waals surface area (Å²) in [5, 5.41) is 0. The lowest BCUT2D eigenvalue weighted by Gasteiger charge is -2.08. The molecule has 0 aromatic heterocycles. The molecule has 0 fully saturated rings. The van der Waals surface area contributed by atoms with Crippen LogP contribution in [0.2, 0.25) is 0 Å². The van der Waals surface area contributed by atoms with Crippen molar-refractivity contribution in [2.45, 2.75) is 0 Å². The fraction of sp³-hybridized carbons (Fsp3) is 0.600. The summed E-state index contributed by atoms with van der Waals surface area (Å²) in [5.74, 6) is -0.0370. The Morgan fingerprint density at radius 3 is 2.78 bits per heavy atom. The molecule has 0 radical (unpaired) electrons. The van der Waals surface area contributed by atoms with Crippen LogP contribution in [0.1, 0.15) is 0 Å². The van der Waals surface area contributed by atoms with Crippen LogP contribution in [-0.2, 0) is 4.79 Å². The maximum absolute atomic E-state index is 10.5. The molecule has 0 aliphatic carbocycles. The van der Waals surface area contributed by atoms with E-state index in [1.807, 2.05) is 0 Å². The molecule has 0 saturated carbocycles. The van der Waals surface area contributed by atoms with Gasteiger partial charge in [-0.15, -0.1) is 0 Å². The van der Waals surface area contributed by atoms with Crippen molar-refractivity contribution in [1.29, 1.82) is 0 Å². The lowest BCUT2D eigenvalue weighted by Crippen LogP contribution is -2.34. The summed E-state index contributed by atoms with van der Waals surface area (Å²) in [6.45, 7) is 1.49. The van der Waals surface area contributed by atoms with Crippen molar-refractivity contribution in [3.63, 3.8) is 0 Å². The number of amides is 1. The highest BCUT2D eigenvalue weighted by molar-refractivity contribution is 6.37. The minimum Gasteiger partial charge on any atom is -0.363 e. The van der Waals surface area contributed by atoms with Crippen LogP contribution >= 0.6 is 0 Å². The zero-order valence-electron chi connectivity index (χ0n) is 5.29. The molecule has 0 unspecified atom stereocenters. The lowest BCUT2D eigenvalue weighted by atomic mass is 10.5. The first-order valence-corrected chi connectivity index (χ1v) is 2.77. The molecular formula is C5H9N3O. The predicted molar refractivity (Wildman–Crippen MR) is 34.1 cm³/mol. The second-order valence-corrected chi connectivity index (χ2v) is 1.99. The third kappa shape index (κ3) is 1.01. The van der Waals surface area contributed by atoms with Gasteiger partial charge in [0.05, 0.1) is 6.54 Å². The normalized spacial score (nSPS) is 17.9. The standard InChI is InChI=1S/C5H9N3O/c1-8-3-2-7-5(8)4(6)9/h2-3H2,1H3,(H2,6,9). The molecule has 0 saturated heterocycles. The van der Waals surface area contributed by atoms with Gasteiger partial charge in [-0.25, -0.2) is 0 Å². The second-order valence-electron chi connectivity index (χ2n) is 1.99. The zero-order valence-corrected chi connectivity index (χ0v) is 5.29. The molecule has 1 rings (SSSR count). The lowest BCUT2D eigenvalue weighted by molar-refractivity contribution is -0.112. The molecule has 0 aromatic rings. The SMILES string of the molecule is CN1CCN=C1C(N)=O. The topological polar surface area (TPSA) is 58.7 Å². The van der Waals surface area contributed by atoms with Gasteiger partial charge in [-0.05, 0) is 0 Å². The minimum atomic E-state index is -0.435. The number of nitrogens with zero attached hydrogens (tertiary/aromatic N) is 2. The van der Waals surface area contributed by atoms with Crippen LogP contribution in [0.5, 0.6) is 0 Å². The highest BCUT2D eigenvalue weighted by Gasteiger charge is 2.16. The van der Waals surface area contributed by atoms with E-state index in [0.717, 1.165) is 6.54 Å². The number of rotatable bonds is 1. The molecule has 0 bridgehead atoms. The number of primary amides is 1. The van der Waals surface area contributed by atoms with Crippen LogP contribution in [0.4, 0.5) is 0 Å². The van der Waals surface area contributed by atoms with Gasteiger partial charge in [0.15, 0.2) is 5.84 Å². The number of hydrogen-bond acceptors (Lipinski definition) is 3. The number of nitrogens with two attached hydrogens (primary N) is 1.